The SMILES string of the molecule is O=P(Oc1ccccc1)(Oc1ccccc1)N1C2CCC1CC2. The molecule has 120 valence electrons. The minimum atomic E-state index is -3.43. The van der Waals surface area contributed by atoms with Crippen molar-refractivity contribution in [2.75, 3.05) is 0 Å². The number of hydrogen-bond acceptors (Lipinski definition) is 3. The van der Waals surface area contributed by atoms with Gasteiger partial charge < -0.3 is 9.05 Å². The lowest BCUT2D eigenvalue weighted by Gasteiger charge is -2.30. The van der Waals surface area contributed by atoms with E-state index in [4.69, 9.17) is 9.05 Å². The molecule has 4 rings (SSSR count). The van der Waals surface area contributed by atoms with Crippen molar-refractivity contribution < 1.29 is 13.6 Å². The number of hydrogen-bond donors (Lipinski definition) is 0. The summed E-state index contributed by atoms with van der Waals surface area (Å²) in [4.78, 5) is 0. The minimum Gasteiger partial charge on any atom is -0.404 e. The van der Waals surface area contributed by atoms with Gasteiger partial charge in [0.25, 0.3) is 0 Å². The third-order valence-corrected chi connectivity index (χ3v) is 6.73. The Morgan fingerprint density at radius 3 is 1.52 bits per heavy atom. The van der Waals surface area contributed by atoms with Gasteiger partial charge in [-0.25, -0.2) is 4.57 Å². The van der Waals surface area contributed by atoms with Crippen molar-refractivity contribution in [3.8, 4) is 11.5 Å². The zero-order valence-electron chi connectivity index (χ0n) is 12.9. The zero-order valence-corrected chi connectivity index (χ0v) is 13.8. The number of fused-ring (bicyclic) bond motifs is 2. The van der Waals surface area contributed by atoms with E-state index >= 15 is 0 Å². The van der Waals surface area contributed by atoms with Gasteiger partial charge in [0.2, 0.25) is 0 Å². The van der Waals surface area contributed by atoms with Crippen LogP contribution >= 0.6 is 7.75 Å². The number of para-hydroxylation sites is 2. The quantitative estimate of drug-likeness (QED) is 0.733. The molecule has 0 radical (unpaired) electrons. The number of benzene rings is 2. The van der Waals surface area contributed by atoms with Gasteiger partial charge >= 0.3 is 7.75 Å². The molecule has 2 aliphatic rings. The predicted molar refractivity (Wildman–Crippen MR) is 89.6 cm³/mol. The van der Waals surface area contributed by atoms with Crippen LogP contribution in [0.5, 0.6) is 11.5 Å². The molecule has 0 unspecified atom stereocenters. The van der Waals surface area contributed by atoms with E-state index in [1.807, 2.05) is 65.3 Å². The highest BCUT2D eigenvalue weighted by molar-refractivity contribution is 7.52. The Labute approximate surface area is 136 Å². The smallest absolute Gasteiger partial charge is 0.404 e. The van der Waals surface area contributed by atoms with Crippen LogP contribution in [0.3, 0.4) is 0 Å². The molecule has 2 aliphatic heterocycles. The maximum Gasteiger partial charge on any atom is 0.516 e. The van der Waals surface area contributed by atoms with Crippen LogP contribution in [-0.4, -0.2) is 16.8 Å². The second-order valence-electron chi connectivity index (χ2n) is 6.12. The summed E-state index contributed by atoms with van der Waals surface area (Å²) >= 11 is 0. The molecule has 2 bridgehead atoms. The molecule has 2 aromatic carbocycles. The largest absolute Gasteiger partial charge is 0.516 e. The first-order valence-corrected chi connectivity index (χ1v) is 9.62. The lowest BCUT2D eigenvalue weighted by molar-refractivity contribution is 0.272. The first kappa shape index (κ1) is 14.8. The van der Waals surface area contributed by atoms with Crippen LogP contribution in [0, 0.1) is 0 Å². The molecule has 4 nitrogen and oxygen atoms in total. The van der Waals surface area contributed by atoms with Gasteiger partial charge in [0.1, 0.15) is 11.5 Å². The number of rotatable bonds is 5. The highest BCUT2D eigenvalue weighted by Crippen LogP contribution is 2.60. The lowest BCUT2D eigenvalue weighted by Crippen LogP contribution is -2.30. The molecular weight excluding hydrogens is 309 g/mol. The van der Waals surface area contributed by atoms with E-state index in [1.165, 1.54) is 0 Å². The van der Waals surface area contributed by atoms with E-state index in [0.29, 0.717) is 23.6 Å². The van der Waals surface area contributed by atoms with Crippen LogP contribution in [0.2, 0.25) is 0 Å². The Kier molecular flexibility index (Phi) is 3.88. The van der Waals surface area contributed by atoms with Crippen molar-refractivity contribution in [2.45, 2.75) is 37.8 Å². The summed E-state index contributed by atoms with van der Waals surface area (Å²) in [6, 6.07) is 19.2. The molecule has 2 fully saturated rings. The van der Waals surface area contributed by atoms with Crippen LogP contribution in [0.4, 0.5) is 0 Å². The standard InChI is InChI=1S/C18H20NO3P/c20-23(21-17-7-3-1-4-8-17,22-18-9-5-2-6-10-18)19-15-11-12-16(19)14-13-15/h1-10,15-16H,11-14H2. The summed E-state index contributed by atoms with van der Waals surface area (Å²) in [5.74, 6) is 1.16. The molecule has 0 amide bonds. The maximum atomic E-state index is 13.7. The Morgan fingerprint density at radius 1 is 0.739 bits per heavy atom. The van der Waals surface area contributed by atoms with Gasteiger partial charge in [0, 0.05) is 12.1 Å². The Morgan fingerprint density at radius 2 is 1.13 bits per heavy atom. The van der Waals surface area contributed by atoms with Crippen molar-refractivity contribution in [3.05, 3.63) is 60.7 Å². The molecule has 0 atom stereocenters. The van der Waals surface area contributed by atoms with E-state index in [-0.39, 0.29) is 0 Å². The van der Waals surface area contributed by atoms with Gasteiger partial charge in [-0.05, 0) is 49.9 Å². The first-order chi connectivity index (χ1) is 11.2. The molecule has 2 aromatic rings. The Balaban J connectivity index is 1.67. The second-order valence-corrected chi connectivity index (χ2v) is 7.88. The summed E-state index contributed by atoms with van der Waals surface area (Å²) < 4.78 is 27.6. The van der Waals surface area contributed by atoms with Crippen molar-refractivity contribution in [1.82, 2.24) is 4.67 Å². The van der Waals surface area contributed by atoms with Crippen LogP contribution in [-0.2, 0) is 4.57 Å². The van der Waals surface area contributed by atoms with Gasteiger partial charge in [0.15, 0.2) is 0 Å². The summed E-state index contributed by atoms with van der Waals surface area (Å²) in [6.45, 7) is 0. The summed E-state index contributed by atoms with van der Waals surface area (Å²) in [5, 5.41) is 0. The van der Waals surface area contributed by atoms with Crippen LogP contribution in [0.25, 0.3) is 0 Å². The van der Waals surface area contributed by atoms with E-state index in [2.05, 4.69) is 0 Å². The molecule has 23 heavy (non-hydrogen) atoms. The number of nitrogens with zero attached hydrogens (tertiary/aromatic N) is 1. The molecule has 0 aliphatic carbocycles. The molecule has 0 aromatic heterocycles. The third-order valence-electron chi connectivity index (χ3n) is 4.63. The Hall–Kier alpha value is -1.77. The second kappa shape index (κ2) is 6.03. The summed E-state index contributed by atoms with van der Waals surface area (Å²) in [7, 11) is -3.43. The molecule has 5 heteroatoms. The van der Waals surface area contributed by atoms with Gasteiger partial charge in [-0.2, -0.15) is 4.67 Å². The predicted octanol–water partition coefficient (Wildman–Crippen LogP) is 4.88. The van der Waals surface area contributed by atoms with Gasteiger partial charge in [0.05, 0.1) is 0 Å². The summed E-state index contributed by atoms with van der Waals surface area (Å²) in [5.41, 5.74) is 0. The molecule has 0 N–H and O–H groups in total. The molecule has 2 heterocycles. The lowest BCUT2D eigenvalue weighted by atomic mass is 10.0. The average Bonchev–Trinajstić information content (AvgIpc) is 3.18. The van der Waals surface area contributed by atoms with Crippen LogP contribution < -0.4 is 9.05 Å². The fourth-order valence-electron chi connectivity index (χ4n) is 3.63. The van der Waals surface area contributed by atoms with Crippen LogP contribution in [0.1, 0.15) is 25.7 Å². The average molecular weight is 329 g/mol. The summed E-state index contributed by atoms with van der Waals surface area (Å²) in [6.07, 6.45) is 4.30. The maximum absolute atomic E-state index is 13.7. The van der Waals surface area contributed by atoms with Gasteiger partial charge in [-0.3, -0.25) is 0 Å². The Bertz CT molecular complexity index is 641. The fraction of sp³-hybridized carbons (Fsp3) is 0.333. The van der Waals surface area contributed by atoms with Crippen LogP contribution in [0.15, 0.2) is 60.7 Å². The zero-order chi connectivity index (χ0) is 15.7. The molecular formula is C18H20NO3P. The minimum absolute atomic E-state index is 0.304. The molecule has 0 spiro atoms. The van der Waals surface area contributed by atoms with E-state index in [1.54, 1.807) is 0 Å². The fourth-order valence-corrected chi connectivity index (χ4v) is 5.89. The van der Waals surface area contributed by atoms with Crippen molar-refractivity contribution >= 4 is 7.75 Å². The van der Waals surface area contributed by atoms with E-state index in [9.17, 15) is 4.57 Å². The van der Waals surface area contributed by atoms with Crippen molar-refractivity contribution in [1.29, 1.82) is 0 Å². The normalized spacial score (nSPS) is 23.8. The van der Waals surface area contributed by atoms with Crippen molar-refractivity contribution in [2.24, 2.45) is 0 Å². The monoisotopic (exact) mass is 329 g/mol. The molecule has 0 saturated carbocycles. The highest BCUT2D eigenvalue weighted by atomic mass is 31.2. The van der Waals surface area contributed by atoms with Crippen molar-refractivity contribution in [3.63, 3.8) is 0 Å². The van der Waals surface area contributed by atoms with Gasteiger partial charge in [-0.15, -0.1) is 0 Å². The van der Waals surface area contributed by atoms with E-state index < -0.39 is 7.75 Å². The topological polar surface area (TPSA) is 38.8 Å². The van der Waals surface area contributed by atoms with Gasteiger partial charge in [-0.1, -0.05) is 36.4 Å². The first-order valence-electron chi connectivity index (χ1n) is 8.13. The van der Waals surface area contributed by atoms with E-state index in [0.717, 1.165) is 25.7 Å². The molecule has 2 saturated heterocycles. The highest BCUT2D eigenvalue weighted by Gasteiger charge is 2.52. The third kappa shape index (κ3) is 2.89.